The average molecular weight is 527 g/mol. The molecule has 0 aromatic heterocycles. The lowest BCUT2D eigenvalue weighted by atomic mass is 10.2. The molecule has 1 N–H and O–H groups in total. The van der Waals surface area contributed by atoms with Gasteiger partial charge in [-0.25, -0.2) is 13.2 Å². The average Bonchev–Trinajstić information content (AvgIpc) is 3.13. The Hall–Kier alpha value is -2.27. The van der Waals surface area contributed by atoms with Crippen LogP contribution in [0, 0.1) is 0 Å². The molecule has 3 rings (SSSR count). The summed E-state index contributed by atoms with van der Waals surface area (Å²) in [6, 6.07) is 9.19. The fourth-order valence-corrected chi connectivity index (χ4v) is 5.69. The number of sulfonamides is 1. The van der Waals surface area contributed by atoms with Crippen LogP contribution in [0.4, 0.5) is 5.69 Å². The standard InChI is InChI=1S/C23H27ClN2O6S2/c1-31-21-13-16(33-2)7-9-18(21)23(28)32-15-22(27)25-20-14-17(8-10-19(20)24)34(29,30)26-11-5-3-4-6-12-26/h7-10,13-14H,3-6,11-12,15H2,1-2H3,(H,25,27). The summed E-state index contributed by atoms with van der Waals surface area (Å²) in [5.41, 5.74) is 0.317. The maximum atomic E-state index is 13.1. The molecule has 8 nitrogen and oxygen atoms in total. The van der Waals surface area contributed by atoms with Gasteiger partial charge in [0.1, 0.15) is 11.3 Å². The number of anilines is 1. The van der Waals surface area contributed by atoms with Gasteiger partial charge in [0.05, 0.1) is 22.7 Å². The maximum absolute atomic E-state index is 13.1. The summed E-state index contributed by atoms with van der Waals surface area (Å²) in [6.07, 6.45) is 5.52. The molecule has 1 saturated heterocycles. The van der Waals surface area contributed by atoms with Crippen molar-refractivity contribution >= 4 is 50.9 Å². The van der Waals surface area contributed by atoms with Crippen LogP contribution in [0.15, 0.2) is 46.2 Å². The SMILES string of the molecule is COc1cc(SC)ccc1C(=O)OCC(=O)Nc1cc(S(=O)(=O)N2CCCCCC2)ccc1Cl. The van der Waals surface area contributed by atoms with E-state index in [1.54, 1.807) is 18.2 Å². The second-order valence-electron chi connectivity index (χ2n) is 7.65. The van der Waals surface area contributed by atoms with Crippen molar-refractivity contribution in [1.82, 2.24) is 4.31 Å². The van der Waals surface area contributed by atoms with E-state index in [1.807, 2.05) is 6.26 Å². The Kier molecular flexibility index (Phi) is 9.24. The zero-order valence-electron chi connectivity index (χ0n) is 19.0. The number of halogens is 1. The van der Waals surface area contributed by atoms with E-state index in [4.69, 9.17) is 21.1 Å². The predicted octanol–water partition coefficient (Wildman–Crippen LogP) is 4.43. The molecule has 2 aromatic rings. The van der Waals surface area contributed by atoms with Gasteiger partial charge in [-0.2, -0.15) is 4.31 Å². The molecule has 184 valence electrons. The third-order valence-corrected chi connectivity index (χ3v) is 8.33. The molecule has 11 heteroatoms. The van der Waals surface area contributed by atoms with Crippen molar-refractivity contribution in [3.8, 4) is 5.75 Å². The molecule has 2 aromatic carbocycles. The van der Waals surface area contributed by atoms with Crippen LogP contribution in [0.25, 0.3) is 0 Å². The van der Waals surface area contributed by atoms with E-state index >= 15 is 0 Å². The third kappa shape index (κ3) is 6.44. The third-order valence-electron chi connectivity index (χ3n) is 5.38. The summed E-state index contributed by atoms with van der Waals surface area (Å²) in [6.45, 7) is 0.347. The van der Waals surface area contributed by atoms with E-state index in [0.29, 0.717) is 18.8 Å². The summed E-state index contributed by atoms with van der Waals surface area (Å²) in [7, 11) is -2.27. The number of hydrogen-bond acceptors (Lipinski definition) is 7. The number of hydrogen-bond donors (Lipinski definition) is 1. The topological polar surface area (TPSA) is 102 Å². The van der Waals surface area contributed by atoms with Gasteiger partial charge in [-0.1, -0.05) is 24.4 Å². The number of rotatable bonds is 8. The second kappa shape index (κ2) is 11.9. The number of amides is 1. The molecule has 34 heavy (non-hydrogen) atoms. The summed E-state index contributed by atoms with van der Waals surface area (Å²) in [5.74, 6) is -1.03. The number of methoxy groups -OCH3 is 1. The molecule has 0 spiro atoms. The van der Waals surface area contributed by atoms with Gasteiger partial charge in [0.25, 0.3) is 5.91 Å². The van der Waals surface area contributed by atoms with Crippen molar-refractivity contribution in [3.05, 3.63) is 47.0 Å². The molecule has 1 fully saturated rings. The molecule has 0 saturated carbocycles. The summed E-state index contributed by atoms with van der Waals surface area (Å²) < 4.78 is 37.9. The number of carbonyl (C=O) groups excluding carboxylic acids is 2. The number of thioether (sulfide) groups is 1. The molecule has 0 bridgehead atoms. The monoisotopic (exact) mass is 526 g/mol. The highest BCUT2D eigenvalue weighted by molar-refractivity contribution is 7.98. The second-order valence-corrected chi connectivity index (χ2v) is 10.9. The molecule has 1 amide bonds. The van der Waals surface area contributed by atoms with Crippen molar-refractivity contribution in [3.63, 3.8) is 0 Å². The lowest BCUT2D eigenvalue weighted by molar-refractivity contribution is -0.119. The molecule has 1 aliphatic rings. The minimum absolute atomic E-state index is 0.0460. The fraction of sp³-hybridized carbons (Fsp3) is 0.391. The highest BCUT2D eigenvalue weighted by Crippen LogP contribution is 2.29. The van der Waals surface area contributed by atoms with E-state index in [-0.39, 0.29) is 21.2 Å². The van der Waals surface area contributed by atoms with Gasteiger partial charge in [0.2, 0.25) is 10.0 Å². The van der Waals surface area contributed by atoms with E-state index in [0.717, 1.165) is 30.6 Å². The summed E-state index contributed by atoms with van der Waals surface area (Å²) >= 11 is 7.68. The van der Waals surface area contributed by atoms with Crippen LogP contribution >= 0.6 is 23.4 Å². The van der Waals surface area contributed by atoms with E-state index in [1.165, 1.54) is 41.4 Å². The Labute approximate surface area is 209 Å². The Morgan fingerprint density at radius 1 is 1.09 bits per heavy atom. The number of esters is 1. The van der Waals surface area contributed by atoms with Crippen LogP contribution in [0.1, 0.15) is 36.0 Å². The molecule has 0 unspecified atom stereocenters. The van der Waals surface area contributed by atoms with Crippen LogP contribution < -0.4 is 10.1 Å². The Bertz CT molecular complexity index is 1150. The smallest absolute Gasteiger partial charge is 0.342 e. The summed E-state index contributed by atoms with van der Waals surface area (Å²) in [4.78, 5) is 25.8. The van der Waals surface area contributed by atoms with Crippen molar-refractivity contribution in [2.45, 2.75) is 35.5 Å². The lowest BCUT2D eigenvalue weighted by Gasteiger charge is -2.20. The van der Waals surface area contributed by atoms with Crippen LogP contribution in [0.5, 0.6) is 5.75 Å². The van der Waals surface area contributed by atoms with Gasteiger partial charge >= 0.3 is 5.97 Å². The minimum Gasteiger partial charge on any atom is -0.496 e. The van der Waals surface area contributed by atoms with E-state index in [9.17, 15) is 18.0 Å². The lowest BCUT2D eigenvalue weighted by Crippen LogP contribution is -2.32. The quantitative estimate of drug-likeness (QED) is 0.401. The normalized spacial score (nSPS) is 14.8. The van der Waals surface area contributed by atoms with Crippen LogP contribution in [-0.4, -0.2) is 57.7 Å². The molecule has 0 aliphatic carbocycles. The zero-order chi connectivity index (χ0) is 24.7. The Morgan fingerprint density at radius 2 is 1.79 bits per heavy atom. The number of benzene rings is 2. The van der Waals surface area contributed by atoms with Crippen LogP contribution in [-0.2, 0) is 19.6 Å². The van der Waals surface area contributed by atoms with Gasteiger partial charge in [0, 0.05) is 18.0 Å². The Morgan fingerprint density at radius 3 is 2.44 bits per heavy atom. The van der Waals surface area contributed by atoms with Crippen molar-refractivity contribution < 1.29 is 27.5 Å². The maximum Gasteiger partial charge on any atom is 0.342 e. The Balaban J connectivity index is 1.67. The molecular formula is C23H27ClN2O6S2. The highest BCUT2D eigenvalue weighted by Gasteiger charge is 2.26. The summed E-state index contributed by atoms with van der Waals surface area (Å²) in [5, 5.41) is 2.70. The van der Waals surface area contributed by atoms with Crippen molar-refractivity contribution in [1.29, 1.82) is 0 Å². The van der Waals surface area contributed by atoms with Gasteiger partial charge < -0.3 is 14.8 Å². The van der Waals surface area contributed by atoms with E-state index < -0.39 is 28.5 Å². The number of ether oxygens (including phenoxy) is 2. The number of carbonyl (C=O) groups is 2. The van der Waals surface area contributed by atoms with Gasteiger partial charge in [-0.3, -0.25) is 4.79 Å². The van der Waals surface area contributed by atoms with Gasteiger partial charge in [0.15, 0.2) is 6.61 Å². The minimum atomic E-state index is -3.71. The first-order valence-electron chi connectivity index (χ1n) is 10.7. The first-order chi connectivity index (χ1) is 16.3. The molecular weight excluding hydrogens is 500 g/mol. The van der Waals surface area contributed by atoms with Crippen LogP contribution in [0.2, 0.25) is 5.02 Å². The first kappa shape index (κ1) is 26.3. The van der Waals surface area contributed by atoms with E-state index in [2.05, 4.69) is 5.32 Å². The predicted molar refractivity (Wildman–Crippen MR) is 132 cm³/mol. The van der Waals surface area contributed by atoms with Gasteiger partial charge in [-0.05, 0) is 55.5 Å². The highest BCUT2D eigenvalue weighted by atomic mass is 35.5. The van der Waals surface area contributed by atoms with Gasteiger partial charge in [-0.15, -0.1) is 11.8 Å². The van der Waals surface area contributed by atoms with Crippen molar-refractivity contribution in [2.24, 2.45) is 0 Å². The molecule has 0 radical (unpaired) electrons. The fourth-order valence-electron chi connectivity index (χ4n) is 3.55. The van der Waals surface area contributed by atoms with Crippen LogP contribution in [0.3, 0.4) is 0 Å². The number of nitrogens with zero attached hydrogens (tertiary/aromatic N) is 1. The molecule has 1 aliphatic heterocycles. The van der Waals surface area contributed by atoms with Crippen molar-refractivity contribution in [2.75, 3.05) is 38.4 Å². The molecule has 1 heterocycles. The number of nitrogens with one attached hydrogen (secondary N) is 1. The first-order valence-corrected chi connectivity index (χ1v) is 13.8. The zero-order valence-corrected chi connectivity index (χ0v) is 21.4. The largest absolute Gasteiger partial charge is 0.496 e. The molecule has 0 atom stereocenters.